The maximum Gasteiger partial charge on any atom is 0.240 e. The number of nitrogens with zero attached hydrogens (tertiary/aromatic N) is 3. The van der Waals surface area contributed by atoms with Crippen LogP contribution in [-0.4, -0.2) is 39.8 Å². The summed E-state index contributed by atoms with van der Waals surface area (Å²) in [5.74, 6) is 1.36. The highest BCUT2D eigenvalue weighted by Gasteiger charge is 2.34. The molecule has 102 valence electrons. The van der Waals surface area contributed by atoms with Gasteiger partial charge in [0.05, 0.1) is 6.54 Å². The van der Waals surface area contributed by atoms with Crippen LogP contribution in [0.2, 0.25) is 0 Å². The average molecular weight is 253 g/mol. The smallest absolute Gasteiger partial charge is 0.240 e. The van der Waals surface area contributed by atoms with Gasteiger partial charge in [-0.3, -0.25) is 4.90 Å². The lowest BCUT2D eigenvalue weighted by atomic mass is 9.77. The first-order valence-electron chi connectivity index (χ1n) is 6.80. The number of rotatable bonds is 5. The predicted molar refractivity (Wildman–Crippen MR) is 68.0 cm³/mol. The van der Waals surface area contributed by atoms with Gasteiger partial charge in [0.1, 0.15) is 0 Å². The summed E-state index contributed by atoms with van der Waals surface area (Å²) in [7, 11) is 0. The fraction of sp³-hybridized carbons (Fsp3) is 0.846. The molecule has 0 radical (unpaired) electrons. The van der Waals surface area contributed by atoms with Crippen molar-refractivity contribution in [1.29, 1.82) is 0 Å². The molecule has 0 unspecified atom stereocenters. The van der Waals surface area contributed by atoms with Crippen LogP contribution >= 0.6 is 0 Å². The molecule has 1 N–H and O–H groups in total. The highest BCUT2D eigenvalue weighted by molar-refractivity contribution is 4.89. The van der Waals surface area contributed by atoms with Crippen LogP contribution in [0.25, 0.3) is 0 Å². The van der Waals surface area contributed by atoms with E-state index in [9.17, 15) is 5.11 Å². The molecule has 2 heterocycles. The first-order chi connectivity index (χ1) is 8.67. The molecule has 1 fully saturated rings. The van der Waals surface area contributed by atoms with Gasteiger partial charge in [-0.1, -0.05) is 18.5 Å². The van der Waals surface area contributed by atoms with E-state index >= 15 is 0 Å². The number of aryl methyl sites for hydroxylation is 1. The van der Waals surface area contributed by atoms with Crippen molar-refractivity contribution in [2.45, 2.75) is 46.1 Å². The summed E-state index contributed by atoms with van der Waals surface area (Å²) in [6.45, 7) is 6.97. The molecular formula is C13H23N3O2. The van der Waals surface area contributed by atoms with Crippen LogP contribution in [-0.2, 0) is 6.54 Å². The number of aliphatic hydroxyl groups is 1. The van der Waals surface area contributed by atoms with Gasteiger partial charge < -0.3 is 9.63 Å². The third-order valence-electron chi connectivity index (χ3n) is 3.78. The Kier molecular flexibility index (Phi) is 4.35. The van der Waals surface area contributed by atoms with E-state index in [0.29, 0.717) is 18.3 Å². The summed E-state index contributed by atoms with van der Waals surface area (Å²) in [6.07, 6.45) is 4.46. The van der Waals surface area contributed by atoms with Crippen LogP contribution in [0.5, 0.6) is 0 Å². The summed E-state index contributed by atoms with van der Waals surface area (Å²) >= 11 is 0. The summed E-state index contributed by atoms with van der Waals surface area (Å²) in [4.78, 5) is 6.56. The molecule has 0 bridgehead atoms. The summed E-state index contributed by atoms with van der Waals surface area (Å²) < 4.78 is 5.16. The third-order valence-corrected chi connectivity index (χ3v) is 3.78. The third kappa shape index (κ3) is 3.09. The van der Waals surface area contributed by atoms with Crippen LogP contribution in [0.3, 0.4) is 0 Å². The van der Waals surface area contributed by atoms with Crippen molar-refractivity contribution in [1.82, 2.24) is 15.0 Å². The van der Waals surface area contributed by atoms with Crippen molar-refractivity contribution < 1.29 is 9.63 Å². The van der Waals surface area contributed by atoms with Crippen molar-refractivity contribution in [2.24, 2.45) is 5.41 Å². The van der Waals surface area contributed by atoms with Gasteiger partial charge in [0.15, 0.2) is 5.82 Å². The fourth-order valence-corrected chi connectivity index (χ4v) is 2.98. The lowest BCUT2D eigenvalue weighted by Crippen LogP contribution is -2.44. The summed E-state index contributed by atoms with van der Waals surface area (Å²) in [5, 5.41) is 13.5. The predicted octanol–water partition coefficient (Wildman–Crippen LogP) is 1.75. The Hall–Kier alpha value is -0.940. The van der Waals surface area contributed by atoms with E-state index in [2.05, 4.69) is 22.0 Å². The van der Waals surface area contributed by atoms with Gasteiger partial charge in [-0.05, 0) is 32.7 Å². The quantitative estimate of drug-likeness (QED) is 0.866. The van der Waals surface area contributed by atoms with Crippen molar-refractivity contribution in [3.05, 3.63) is 11.7 Å². The molecule has 1 atom stereocenters. The van der Waals surface area contributed by atoms with Gasteiger partial charge in [0.2, 0.25) is 5.89 Å². The lowest BCUT2D eigenvalue weighted by molar-refractivity contribution is 0.0177. The zero-order valence-electron chi connectivity index (χ0n) is 11.4. The molecule has 18 heavy (non-hydrogen) atoms. The highest BCUT2D eigenvalue weighted by Crippen LogP contribution is 2.34. The van der Waals surface area contributed by atoms with Crippen molar-refractivity contribution >= 4 is 0 Å². The maximum atomic E-state index is 9.68. The van der Waals surface area contributed by atoms with Crippen molar-refractivity contribution in [2.75, 3.05) is 19.7 Å². The molecule has 0 amide bonds. The lowest BCUT2D eigenvalue weighted by Gasteiger charge is -2.41. The van der Waals surface area contributed by atoms with E-state index < -0.39 is 0 Å². The second kappa shape index (κ2) is 5.80. The minimum absolute atomic E-state index is 0.0715. The van der Waals surface area contributed by atoms with Crippen LogP contribution < -0.4 is 0 Å². The van der Waals surface area contributed by atoms with Gasteiger partial charge in [-0.2, -0.15) is 4.98 Å². The van der Waals surface area contributed by atoms with Gasteiger partial charge >= 0.3 is 0 Å². The average Bonchev–Trinajstić information content (AvgIpc) is 2.75. The first-order valence-corrected chi connectivity index (χ1v) is 6.80. The zero-order valence-corrected chi connectivity index (χ0v) is 11.4. The standard InChI is InChI=1S/C13H23N3O2/c1-3-5-13(10-17)6-4-7-16(9-13)8-12-14-11(2)15-18-12/h17H,3-10H2,1-2H3/t13-/m0/s1. The number of aromatic nitrogens is 2. The number of aliphatic hydroxyl groups excluding tert-OH is 1. The van der Waals surface area contributed by atoms with E-state index in [1.807, 2.05) is 6.92 Å². The van der Waals surface area contributed by atoms with Gasteiger partial charge in [0.25, 0.3) is 0 Å². The monoisotopic (exact) mass is 253 g/mol. The fourth-order valence-electron chi connectivity index (χ4n) is 2.98. The van der Waals surface area contributed by atoms with Crippen LogP contribution in [0.4, 0.5) is 0 Å². The molecule has 1 aliphatic rings. The molecule has 5 nitrogen and oxygen atoms in total. The SMILES string of the molecule is CCC[C@]1(CO)CCCN(Cc2nc(C)no2)C1. The molecular weight excluding hydrogens is 230 g/mol. The minimum atomic E-state index is 0.0715. The van der Waals surface area contributed by atoms with Gasteiger partial charge in [-0.15, -0.1) is 0 Å². The molecule has 0 aliphatic carbocycles. The molecule has 1 aromatic heterocycles. The van der Waals surface area contributed by atoms with E-state index in [-0.39, 0.29) is 12.0 Å². The minimum Gasteiger partial charge on any atom is -0.396 e. The Balaban J connectivity index is 1.97. The normalized spacial score (nSPS) is 25.5. The highest BCUT2D eigenvalue weighted by atomic mass is 16.5. The molecule has 1 saturated heterocycles. The van der Waals surface area contributed by atoms with Crippen LogP contribution in [0.15, 0.2) is 4.52 Å². The second-order valence-corrected chi connectivity index (χ2v) is 5.46. The van der Waals surface area contributed by atoms with E-state index in [0.717, 1.165) is 38.8 Å². The topological polar surface area (TPSA) is 62.4 Å². The van der Waals surface area contributed by atoms with Crippen LogP contribution in [0.1, 0.15) is 44.3 Å². The largest absolute Gasteiger partial charge is 0.396 e. The molecule has 1 aromatic rings. The Morgan fingerprint density at radius 1 is 1.50 bits per heavy atom. The number of piperidine rings is 1. The van der Waals surface area contributed by atoms with Gasteiger partial charge in [0, 0.05) is 18.6 Å². The summed E-state index contributed by atoms with van der Waals surface area (Å²) in [5.41, 5.74) is 0.0715. The Morgan fingerprint density at radius 3 is 2.94 bits per heavy atom. The van der Waals surface area contributed by atoms with Crippen molar-refractivity contribution in [3.8, 4) is 0 Å². The van der Waals surface area contributed by atoms with Crippen molar-refractivity contribution in [3.63, 3.8) is 0 Å². The summed E-state index contributed by atoms with van der Waals surface area (Å²) in [6, 6.07) is 0. The Morgan fingerprint density at radius 2 is 2.33 bits per heavy atom. The molecule has 0 spiro atoms. The van der Waals surface area contributed by atoms with Crippen LogP contribution in [0, 0.1) is 12.3 Å². The van der Waals surface area contributed by atoms with E-state index in [4.69, 9.17) is 4.52 Å². The maximum absolute atomic E-state index is 9.68. The molecule has 1 aliphatic heterocycles. The molecule has 0 saturated carbocycles. The number of likely N-dealkylation sites (tertiary alicyclic amines) is 1. The van der Waals surface area contributed by atoms with E-state index in [1.165, 1.54) is 0 Å². The number of hydrogen-bond donors (Lipinski definition) is 1. The van der Waals surface area contributed by atoms with Gasteiger partial charge in [-0.25, -0.2) is 0 Å². The molecule has 5 heteroatoms. The molecule has 0 aromatic carbocycles. The Labute approximate surface area is 108 Å². The first kappa shape index (κ1) is 13.5. The van der Waals surface area contributed by atoms with E-state index in [1.54, 1.807) is 0 Å². The zero-order chi connectivity index (χ0) is 13.0. The Bertz CT molecular complexity index is 376. The molecule has 2 rings (SSSR count). The second-order valence-electron chi connectivity index (χ2n) is 5.46. The number of hydrogen-bond acceptors (Lipinski definition) is 5.